The summed E-state index contributed by atoms with van der Waals surface area (Å²) in [7, 11) is 0. The molecular weight excluding hydrogens is 241 g/mol. The number of alkyl halides is 3. The Hall–Kier alpha value is -1.21. The van der Waals surface area contributed by atoms with Gasteiger partial charge >= 0.3 is 5.51 Å². The van der Waals surface area contributed by atoms with Crippen molar-refractivity contribution < 1.29 is 17.6 Å². The Labute approximate surface area is 92.8 Å². The van der Waals surface area contributed by atoms with Crippen molar-refractivity contribution in [3.63, 3.8) is 0 Å². The lowest BCUT2D eigenvalue weighted by atomic mass is 10.3. The van der Waals surface area contributed by atoms with Gasteiger partial charge in [-0.15, -0.1) is 0 Å². The topological polar surface area (TPSA) is 52.0 Å². The van der Waals surface area contributed by atoms with Crippen LogP contribution in [-0.4, -0.2) is 10.5 Å². The van der Waals surface area contributed by atoms with Crippen LogP contribution in [0, 0.1) is 0 Å². The summed E-state index contributed by atoms with van der Waals surface area (Å²) in [6.45, 7) is 0.0603. The summed E-state index contributed by atoms with van der Waals surface area (Å²) in [4.78, 5) is 3.95. The number of oxazole rings is 1. The van der Waals surface area contributed by atoms with Crippen LogP contribution in [0.2, 0.25) is 0 Å². The van der Waals surface area contributed by atoms with Crippen molar-refractivity contribution in [1.82, 2.24) is 4.98 Å². The first kappa shape index (κ1) is 11.3. The Morgan fingerprint density at radius 3 is 2.75 bits per heavy atom. The second-order valence-electron chi connectivity index (χ2n) is 2.96. The maximum Gasteiger partial charge on any atom is 0.446 e. The molecule has 0 unspecified atom stereocenters. The zero-order valence-corrected chi connectivity index (χ0v) is 8.73. The van der Waals surface area contributed by atoms with Crippen LogP contribution >= 0.6 is 11.8 Å². The highest BCUT2D eigenvalue weighted by Crippen LogP contribution is 2.40. The van der Waals surface area contributed by atoms with E-state index in [0.29, 0.717) is 5.52 Å². The van der Waals surface area contributed by atoms with E-state index in [1.54, 1.807) is 6.07 Å². The third-order valence-corrected chi connectivity index (χ3v) is 2.60. The molecule has 0 bridgehead atoms. The van der Waals surface area contributed by atoms with Gasteiger partial charge in [-0.2, -0.15) is 13.2 Å². The summed E-state index contributed by atoms with van der Waals surface area (Å²) in [5, 5.41) is 0. The first-order valence-electron chi connectivity index (χ1n) is 4.34. The molecule has 0 atom stereocenters. The minimum absolute atomic E-state index is 0.00259. The Kier molecular flexibility index (Phi) is 2.81. The molecule has 0 spiro atoms. The van der Waals surface area contributed by atoms with Crippen LogP contribution in [0.4, 0.5) is 13.2 Å². The van der Waals surface area contributed by atoms with E-state index in [1.807, 2.05) is 0 Å². The quantitative estimate of drug-likeness (QED) is 0.830. The van der Waals surface area contributed by atoms with Crippen molar-refractivity contribution in [2.75, 3.05) is 0 Å². The third kappa shape index (κ3) is 2.30. The van der Waals surface area contributed by atoms with Crippen LogP contribution in [0.25, 0.3) is 11.1 Å². The predicted octanol–water partition coefficient (Wildman–Crippen LogP) is 2.90. The van der Waals surface area contributed by atoms with Crippen LogP contribution in [0.1, 0.15) is 5.89 Å². The molecule has 1 aromatic carbocycles. The van der Waals surface area contributed by atoms with E-state index >= 15 is 0 Å². The summed E-state index contributed by atoms with van der Waals surface area (Å²) < 4.78 is 41.8. The van der Waals surface area contributed by atoms with Crippen LogP contribution in [0.3, 0.4) is 0 Å². The van der Waals surface area contributed by atoms with E-state index < -0.39 is 5.51 Å². The summed E-state index contributed by atoms with van der Waals surface area (Å²) in [6, 6.07) is 4.42. The fraction of sp³-hybridized carbons (Fsp3) is 0.222. The van der Waals surface area contributed by atoms with Crippen molar-refractivity contribution >= 4 is 22.9 Å². The summed E-state index contributed by atoms with van der Waals surface area (Å²) in [5.74, 6) is 0.227. The van der Waals surface area contributed by atoms with Crippen molar-refractivity contribution in [2.24, 2.45) is 5.73 Å². The number of hydrogen-bond donors (Lipinski definition) is 1. The molecule has 1 aromatic heterocycles. The number of fused-ring (bicyclic) bond motifs is 1. The highest BCUT2D eigenvalue weighted by Gasteiger charge is 2.31. The molecule has 1 heterocycles. The van der Waals surface area contributed by atoms with Crippen molar-refractivity contribution in [1.29, 1.82) is 0 Å². The van der Waals surface area contributed by atoms with Crippen LogP contribution in [-0.2, 0) is 6.54 Å². The van der Waals surface area contributed by atoms with Gasteiger partial charge in [-0.1, -0.05) is 6.07 Å². The van der Waals surface area contributed by atoms with Gasteiger partial charge in [0, 0.05) is 0 Å². The van der Waals surface area contributed by atoms with Crippen LogP contribution < -0.4 is 5.73 Å². The first-order valence-corrected chi connectivity index (χ1v) is 5.15. The molecule has 2 aromatic rings. The minimum Gasteiger partial charge on any atom is -0.438 e. The molecule has 2 rings (SSSR count). The molecule has 3 nitrogen and oxygen atoms in total. The Balaban J connectivity index is 2.48. The van der Waals surface area contributed by atoms with Gasteiger partial charge in [0.25, 0.3) is 0 Å². The average molecular weight is 248 g/mol. The van der Waals surface area contributed by atoms with E-state index in [2.05, 4.69) is 4.98 Å². The number of benzene rings is 1. The molecule has 0 aliphatic rings. The lowest BCUT2D eigenvalue weighted by molar-refractivity contribution is -0.0328. The Bertz CT molecular complexity index is 509. The number of thioether (sulfide) groups is 1. The average Bonchev–Trinajstić information content (AvgIpc) is 2.59. The van der Waals surface area contributed by atoms with Gasteiger partial charge < -0.3 is 10.2 Å². The zero-order valence-electron chi connectivity index (χ0n) is 7.91. The number of nitrogens with two attached hydrogens (primary N) is 1. The highest BCUT2D eigenvalue weighted by atomic mass is 32.2. The van der Waals surface area contributed by atoms with Crippen molar-refractivity contribution in [2.45, 2.75) is 16.9 Å². The standard InChI is InChI=1S/C9H7F3N2OS/c10-9(11,12)16-6-3-1-2-5-8(6)15-7(4-13)14-5/h1-3H,4,13H2. The number of hydrogen-bond acceptors (Lipinski definition) is 4. The van der Waals surface area contributed by atoms with E-state index in [-0.39, 0.29) is 34.7 Å². The van der Waals surface area contributed by atoms with E-state index in [1.165, 1.54) is 12.1 Å². The summed E-state index contributed by atoms with van der Waals surface area (Å²) >= 11 is -0.221. The fourth-order valence-electron chi connectivity index (χ4n) is 1.26. The molecule has 0 aliphatic carbocycles. The number of rotatable bonds is 2. The van der Waals surface area contributed by atoms with Gasteiger partial charge in [-0.05, 0) is 23.9 Å². The molecule has 16 heavy (non-hydrogen) atoms. The fourth-order valence-corrected chi connectivity index (χ4v) is 1.90. The summed E-state index contributed by atoms with van der Waals surface area (Å²) in [6.07, 6.45) is 0. The van der Waals surface area contributed by atoms with Gasteiger partial charge in [0.2, 0.25) is 5.89 Å². The van der Waals surface area contributed by atoms with E-state index in [0.717, 1.165) is 0 Å². The molecule has 0 amide bonds. The highest BCUT2D eigenvalue weighted by molar-refractivity contribution is 8.00. The molecular formula is C9H7F3N2OS. The summed E-state index contributed by atoms with van der Waals surface area (Å²) in [5.41, 5.74) is 1.48. The van der Waals surface area contributed by atoms with Gasteiger partial charge in [0.15, 0.2) is 5.58 Å². The third-order valence-electron chi connectivity index (χ3n) is 1.82. The molecule has 86 valence electrons. The first-order chi connectivity index (χ1) is 7.49. The van der Waals surface area contributed by atoms with Crippen LogP contribution in [0.5, 0.6) is 0 Å². The molecule has 0 saturated heterocycles. The SMILES string of the molecule is NCc1nc2cccc(SC(F)(F)F)c2o1. The lowest BCUT2D eigenvalue weighted by Gasteiger charge is -2.04. The molecule has 0 radical (unpaired) electrons. The zero-order chi connectivity index (χ0) is 11.8. The maximum absolute atomic E-state index is 12.2. The smallest absolute Gasteiger partial charge is 0.438 e. The molecule has 0 aliphatic heterocycles. The normalized spacial score (nSPS) is 12.2. The largest absolute Gasteiger partial charge is 0.446 e. The number of nitrogens with zero attached hydrogens (tertiary/aromatic N) is 1. The Morgan fingerprint density at radius 1 is 1.38 bits per heavy atom. The Morgan fingerprint density at radius 2 is 2.12 bits per heavy atom. The number of halogens is 3. The molecule has 2 N–H and O–H groups in total. The van der Waals surface area contributed by atoms with Gasteiger partial charge in [-0.25, -0.2) is 4.98 Å². The molecule has 0 fully saturated rings. The number of aromatic nitrogens is 1. The van der Waals surface area contributed by atoms with E-state index in [9.17, 15) is 13.2 Å². The minimum atomic E-state index is -4.34. The van der Waals surface area contributed by atoms with E-state index in [4.69, 9.17) is 10.2 Å². The van der Waals surface area contributed by atoms with Gasteiger partial charge in [0.05, 0.1) is 11.4 Å². The van der Waals surface area contributed by atoms with Gasteiger partial charge in [-0.3, -0.25) is 0 Å². The number of para-hydroxylation sites is 1. The second kappa shape index (κ2) is 3.99. The predicted molar refractivity (Wildman–Crippen MR) is 53.8 cm³/mol. The second-order valence-corrected chi connectivity index (χ2v) is 4.07. The molecule has 7 heteroatoms. The maximum atomic E-state index is 12.2. The monoisotopic (exact) mass is 248 g/mol. The molecule has 0 saturated carbocycles. The van der Waals surface area contributed by atoms with Gasteiger partial charge in [0.1, 0.15) is 5.52 Å². The van der Waals surface area contributed by atoms with Crippen LogP contribution in [0.15, 0.2) is 27.5 Å². The lowest BCUT2D eigenvalue weighted by Crippen LogP contribution is -1.98. The van der Waals surface area contributed by atoms with Crippen molar-refractivity contribution in [3.8, 4) is 0 Å². The van der Waals surface area contributed by atoms with Crippen molar-refractivity contribution in [3.05, 3.63) is 24.1 Å².